The Hall–Kier alpha value is -2.16. The number of nitrogens with one attached hydrogen (secondary N) is 2. The summed E-state index contributed by atoms with van der Waals surface area (Å²) in [5.74, 6) is -1.87. The van der Waals surface area contributed by atoms with Crippen LogP contribution in [0.4, 0.5) is 0 Å². The molecule has 9 heteroatoms. The highest BCUT2D eigenvalue weighted by atomic mass is 16.2. The molecule has 4 amide bonds. The maximum atomic E-state index is 12.5. The van der Waals surface area contributed by atoms with E-state index in [-0.39, 0.29) is 5.91 Å². The summed E-state index contributed by atoms with van der Waals surface area (Å²) < 4.78 is 0. The normalized spacial score (nSPS) is 14.2. The molecule has 0 aliphatic carbocycles. The summed E-state index contributed by atoms with van der Waals surface area (Å²) in [5.41, 5.74) is 10.7. The summed E-state index contributed by atoms with van der Waals surface area (Å²) in [4.78, 5) is 48.2. The standard InChI is InChI=1S/C15H29N5O4/c1-9(18-11(3)21)14(23)19-12(7-5-6-8-16)15(24)20(4)10(2)13(17)22/h9-10,12H,5-8,16H2,1-4H3,(H2,17,22)(H,18,21)(H,19,23)/t9-,10-,12-/m0/s1. The van der Waals surface area contributed by atoms with Crippen molar-refractivity contribution in [3.05, 3.63) is 0 Å². The van der Waals surface area contributed by atoms with E-state index in [1.54, 1.807) is 0 Å². The maximum absolute atomic E-state index is 12.5. The van der Waals surface area contributed by atoms with Gasteiger partial charge in [-0.15, -0.1) is 0 Å². The van der Waals surface area contributed by atoms with Crippen LogP contribution >= 0.6 is 0 Å². The van der Waals surface area contributed by atoms with Crippen LogP contribution in [0.2, 0.25) is 0 Å². The predicted molar refractivity (Wildman–Crippen MR) is 89.5 cm³/mol. The number of unbranched alkanes of at least 4 members (excludes halogenated alkanes) is 1. The van der Waals surface area contributed by atoms with Crippen LogP contribution in [0.5, 0.6) is 0 Å². The molecule has 138 valence electrons. The molecule has 0 aromatic rings. The van der Waals surface area contributed by atoms with Crippen molar-refractivity contribution in [3.8, 4) is 0 Å². The molecule has 0 aromatic heterocycles. The number of hydrogen-bond donors (Lipinski definition) is 4. The summed E-state index contributed by atoms with van der Waals surface area (Å²) in [5, 5.41) is 5.07. The lowest BCUT2D eigenvalue weighted by Gasteiger charge is -2.28. The van der Waals surface area contributed by atoms with Crippen LogP contribution in [0, 0.1) is 0 Å². The molecule has 0 rings (SSSR count). The lowest BCUT2D eigenvalue weighted by atomic mass is 10.1. The minimum Gasteiger partial charge on any atom is -0.368 e. The average molecular weight is 343 g/mol. The molecule has 0 heterocycles. The first-order chi connectivity index (χ1) is 11.1. The highest BCUT2D eigenvalue weighted by Gasteiger charge is 2.29. The van der Waals surface area contributed by atoms with E-state index in [2.05, 4.69) is 10.6 Å². The van der Waals surface area contributed by atoms with E-state index in [0.29, 0.717) is 25.8 Å². The van der Waals surface area contributed by atoms with E-state index in [0.717, 1.165) is 0 Å². The Morgan fingerprint density at radius 1 is 1.08 bits per heavy atom. The van der Waals surface area contributed by atoms with Crippen LogP contribution in [-0.4, -0.2) is 60.2 Å². The topological polar surface area (TPSA) is 148 Å². The lowest BCUT2D eigenvalue weighted by molar-refractivity contribution is -0.141. The number of hydrogen-bond acceptors (Lipinski definition) is 5. The smallest absolute Gasteiger partial charge is 0.245 e. The highest BCUT2D eigenvalue weighted by Crippen LogP contribution is 2.07. The fourth-order valence-electron chi connectivity index (χ4n) is 2.04. The summed E-state index contributed by atoms with van der Waals surface area (Å²) in [6.45, 7) is 4.81. The van der Waals surface area contributed by atoms with Gasteiger partial charge in [0.2, 0.25) is 23.6 Å². The van der Waals surface area contributed by atoms with Gasteiger partial charge in [-0.25, -0.2) is 0 Å². The summed E-state index contributed by atoms with van der Waals surface area (Å²) in [6.07, 6.45) is 1.72. The van der Waals surface area contributed by atoms with Crippen molar-refractivity contribution in [2.24, 2.45) is 11.5 Å². The van der Waals surface area contributed by atoms with Gasteiger partial charge in [0.05, 0.1) is 0 Å². The third kappa shape index (κ3) is 7.40. The molecular formula is C15H29N5O4. The van der Waals surface area contributed by atoms with Crippen molar-refractivity contribution >= 4 is 23.6 Å². The van der Waals surface area contributed by atoms with E-state index in [1.807, 2.05) is 0 Å². The van der Waals surface area contributed by atoms with Crippen molar-refractivity contribution in [2.45, 2.75) is 58.2 Å². The minimum atomic E-state index is -0.813. The van der Waals surface area contributed by atoms with Crippen molar-refractivity contribution in [1.82, 2.24) is 15.5 Å². The third-order valence-corrected chi connectivity index (χ3v) is 3.71. The number of nitrogens with two attached hydrogens (primary N) is 2. The monoisotopic (exact) mass is 343 g/mol. The van der Waals surface area contributed by atoms with Crippen LogP contribution in [0.1, 0.15) is 40.0 Å². The second-order valence-electron chi connectivity index (χ2n) is 5.80. The molecule has 0 spiro atoms. The third-order valence-electron chi connectivity index (χ3n) is 3.71. The summed E-state index contributed by atoms with van der Waals surface area (Å²) in [6, 6.07) is -2.38. The largest absolute Gasteiger partial charge is 0.368 e. The van der Waals surface area contributed by atoms with Gasteiger partial charge in [0.25, 0.3) is 0 Å². The zero-order valence-corrected chi connectivity index (χ0v) is 14.8. The fourth-order valence-corrected chi connectivity index (χ4v) is 2.04. The van der Waals surface area contributed by atoms with Crippen molar-refractivity contribution in [2.75, 3.05) is 13.6 Å². The van der Waals surface area contributed by atoms with Gasteiger partial charge in [0.15, 0.2) is 0 Å². The molecule has 0 unspecified atom stereocenters. The van der Waals surface area contributed by atoms with Crippen LogP contribution in [-0.2, 0) is 19.2 Å². The fraction of sp³-hybridized carbons (Fsp3) is 0.733. The van der Waals surface area contributed by atoms with Gasteiger partial charge >= 0.3 is 0 Å². The van der Waals surface area contributed by atoms with E-state index in [1.165, 1.54) is 32.7 Å². The Labute approximate surface area is 142 Å². The van der Waals surface area contributed by atoms with Crippen molar-refractivity contribution < 1.29 is 19.2 Å². The van der Waals surface area contributed by atoms with Gasteiger partial charge in [-0.3, -0.25) is 19.2 Å². The Bertz CT molecular complexity index is 469. The number of carbonyl (C=O) groups is 4. The lowest BCUT2D eigenvalue weighted by Crippen LogP contribution is -2.55. The Balaban J connectivity index is 5.01. The molecule has 0 saturated carbocycles. The minimum absolute atomic E-state index is 0.344. The van der Waals surface area contributed by atoms with Crippen LogP contribution in [0.15, 0.2) is 0 Å². The molecule has 0 fully saturated rings. The van der Waals surface area contributed by atoms with Gasteiger partial charge in [-0.1, -0.05) is 0 Å². The first-order valence-electron chi connectivity index (χ1n) is 7.95. The summed E-state index contributed by atoms with van der Waals surface area (Å²) in [7, 11) is 1.46. The first-order valence-corrected chi connectivity index (χ1v) is 7.95. The number of rotatable bonds is 10. The van der Waals surface area contributed by atoms with Gasteiger partial charge in [-0.2, -0.15) is 0 Å². The number of carbonyl (C=O) groups excluding carboxylic acids is 4. The Kier molecular flexibility index (Phi) is 9.63. The Morgan fingerprint density at radius 2 is 1.67 bits per heavy atom. The molecule has 0 saturated heterocycles. The van der Waals surface area contributed by atoms with E-state index in [9.17, 15) is 19.2 Å². The maximum Gasteiger partial charge on any atom is 0.245 e. The number of likely N-dealkylation sites (N-methyl/N-ethyl adjacent to an activating group) is 1. The molecule has 3 atom stereocenters. The van der Waals surface area contributed by atoms with Gasteiger partial charge < -0.3 is 27.0 Å². The second-order valence-corrected chi connectivity index (χ2v) is 5.80. The number of amides is 4. The molecule has 0 bridgehead atoms. The molecule has 0 aromatic carbocycles. The van der Waals surface area contributed by atoms with Gasteiger partial charge in [0, 0.05) is 14.0 Å². The zero-order chi connectivity index (χ0) is 18.9. The predicted octanol–water partition coefficient (Wildman–Crippen LogP) is -1.54. The van der Waals surface area contributed by atoms with E-state index >= 15 is 0 Å². The molecule has 9 nitrogen and oxygen atoms in total. The van der Waals surface area contributed by atoms with Gasteiger partial charge in [0.1, 0.15) is 18.1 Å². The SMILES string of the molecule is CC(=O)N[C@@H](C)C(=O)N[C@@H](CCCCN)C(=O)N(C)[C@@H](C)C(N)=O. The van der Waals surface area contributed by atoms with Gasteiger partial charge in [-0.05, 0) is 39.7 Å². The quantitative estimate of drug-likeness (QED) is 0.355. The average Bonchev–Trinajstić information content (AvgIpc) is 2.50. The van der Waals surface area contributed by atoms with E-state index < -0.39 is 35.8 Å². The van der Waals surface area contributed by atoms with Crippen molar-refractivity contribution in [3.63, 3.8) is 0 Å². The molecule has 0 aliphatic rings. The number of primary amides is 1. The van der Waals surface area contributed by atoms with Crippen LogP contribution in [0.3, 0.4) is 0 Å². The molecule has 6 N–H and O–H groups in total. The summed E-state index contributed by atoms with van der Waals surface area (Å²) >= 11 is 0. The molecular weight excluding hydrogens is 314 g/mol. The molecule has 0 aliphatic heterocycles. The first kappa shape index (κ1) is 21.8. The Morgan fingerprint density at radius 3 is 2.12 bits per heavy atom. The van der Waals surface area contributed by atoms with E-state index in [4.69, 9.17) is 11.5 Å². The highest BCUT2D eigenvalue weighted by molar-refractivity contribution is 5.93. The number of nitrogens with zero attached hydrogens (tertiary/aromatic N) is 1. The molecule has 0 radical (unpaired) electrons. The van der Waals surface area contributed by atoms with Crippen molar-refractivity contribution in [1.29, 1.82) is 0 Å². The van der Waals surface area contributed by atoms with Crippen LogP contribution < -0.4 is 22.1 Å². The zero-order valence-electron chi connectivity index (χ0n) is 14.8. The second kappa shape index (κ2) is 10.6. The molecule has 24 heavy (non-hydrogen) atoms. The van der Waals surface area contributed by atoms with Crippen LogP contribution in [0.25, 0.3) is 0 Å².